The van der Waals surface area contributed by atoms with E-state index in [1.807, 2.05) is 36.4 Å². The molecule has 2 aromatic carbocycles. The van der Waals surface area contributed by atoms with Crippen LogP contribution in [0.1, 0.15) is 63.6 Å². The zero-order valence-electron chi connectivity index (χ0n) is 18.2. The average molecular weight is 447 g/mol. The second-order valence-corrected chi connectivity index (χ2v) is 8.89. The van der Waals surface area contributed by atoms with Gasteiger partial charge in [-0.05, 0) is 48.6 Å². The second-order valence-electron chi connectivity index (χ2n) is 8.89. The second kappa shape index (κ2) is 8.78. The van der Waals surface area contributed by atoms with E-state index in [2.05, 4.69) is 16.0 Å². The van der Waals surface area contributed by atoms with Gasteiger partial charge >= 0.3 is 0 Å². The van der Waals surface area contributed by atoms with E-state index in [0.29, 0.717) is 30.6 Å². The third-order valence-electron chi connectivity index (χ3n) is 6.74. The van der Waals surface area contributed by atoms with E-state index in [0.717, 1.165) is 24.0 Å². The Hall–Kier alpha value is -3.52. The number of hydrogen-bond acceptors (Lipinski definition) is 5. The first-order valence-electron chi connectivity index (χ1n) is 11.4. The van der Waals surface area contributed by atoms with Gasteiger partial charge in [0.15, 0.2) is 0 Å². The van der Waals surface area contributed by atoms with Crippen LogP contribution in [0.3, 0.4) is 0 Å². The van der Waals surface area contributed by atoms with Crippen LogP contribution in [0.4, 0.5) is 0 Å². The summed E-state index contributed by atoms with van der Waals surface area (Å²) in [6, 6.07) is 14.6. The summed E-state index contributed by atoms with van der Waals surface area (Å²) >= 11 is 0. The molecule has 2 saturated heterocycles. The molecule has 0 bridgehead atoms. The molecule has 2 aromatic rings. The summed E-state index contributed by atoms with van der Waals surface area (Å²) in [5, 5.41) is 8.94. The van der Waals surface area contributed by atoms with Crippen molar-refractivity contribution in [2.24, 2.45) is 0 Å². The highest BCUT2D eigenvalue weighted by molar-refractivity contribution is 6.05. The van der Waals surface area contributed by atoms with Crippen LogP contribution in [0.5, 0.6) is 0 Å². The first-order chi connectivity index (χ1) is 16.0. The number of nitrogens with one attached hydrogen (secondary N) is 3. The molecule has 3 aliphatic rings. The van der Waals surface area contributed by atoms with Crippen LogP contribution in [-0.4, -0.2) is 47.2 Å². The van der Waals surface area contributed by atoms with Crippen LogP contribution >= 0.6 is 0 Å². The van der Waals surface area contributed by atoms with Gasteiger partial charge in [-0.1, -0.05) is 30.3 Å². The SMILES string of the molecule is O=C1CCC(N2Cc3cc(C4CCC(NC(=O)c5ccccc5)CN4)ccc3C2=O)C(=O)N1. The van der Waals surface area contributed by atoms with Crippen LogP contribution in [0.15, 0.2) is 48.5 Å². The molecular weight excluding hydrogens is 420 g/mol. The van der Waals surface area contributed by atoms with Crippen molar-refractivity contribution in [1.82, 2.24) is 20.9 Å². The standard InChI is InChI=1S/C25H26N4O4/c30-22-11-10-21(24(32)28-22)29-14-17-12-16(6-8-19(17)25(29)33)20-9-7-18(13-26-20)27-23(31)15-4-2-1-3-5-15/h1-6,8,12,18,20-21,26H,7,9-11,13-14H2,(H,27,31)(H,28,30,32). The molecule has 5 rings (SSSR count). The molecular formula is C25H26N4O4. The number of carbonyl (C=O) groups is 4. The Balaban J connectivity index is 1.21. The molecule has 3 heterocycles. The third kappa shape index (κ3) is 4.26. The summed E-state index contributed by atoms with van der Waals surface area (Å²) in [5.74, 6) is -0.911. The normalized spacial score (nSPS) is 24.9. The Morgan fingerprint density at radius 2 is 1.82 bits per heavy atom. The van der Waals surface area contributed by atoms with Gasteiger partial charge in [0, 0.05) is 42.7 Å². The molecule has 3 aliphatic heterocycles. The lowest BCUT2D eigenvalue weighted by Crippen LogP contribution is -2.52. The van der Waals surface area contributed by atoms with Gasteiger partial charge in [0.1, 0.15) is 6.04 Å². The number of fused-ring (bicyclic) bond motifs is 1. The number of carbonyl (C=O) groups excluding carboxylic acids is 4. The van der Waals surface area contributed by atoms with Crippen LogP contribution in [0.2, 0.25) is 0 Å². The van der Waals surface area contributed by atoms with Crippen molar-refractivity contribution in [3.05, 3.63) is 70.8 Å². The van der Waals surface area contributed by atoms with Crippen molar-refractivity contribution in [3.63, 3.8) is 0 Å². The van der Waals surface area contributed by atoms with Gasteiger partial charge in [0.25, 0.3) is 11.8 Å². The molecule has 0 spiro atoms. The number of imide groups is 1. The summed E-state index contributed by atoms with van der Waals surface area (Å²) in [7, 11) is 0. The molecule has 170 valence electrons. The van der Waals surface area contributed by atoms with Gasteiger partial charge in [0.2, 0.25) is 11.8 Å². The van der Waals surface area contributed by atoms with Gasteiger partial charge < -0.3 is 15.5 Å². The Morgan fingerprint density at radius 3 is 2.55 bits per heavy atom. The maximum absolute atomic E-state index is 12.9. The number of piperidine rings is 2. The predicted octanol–water partition coefficient (Wildman–Crippen LogP) is 1.67. The summed E-state index contributed by atoms with van der Waals surface area (Å²) in [4.78, 5) is 50.5. The highest BCUT2D eigenvalue weighted by Crippen LogP contribution is 2.31. The molecule has 33 heavy (non-hydrogen) atoms. The van der Waals surface area contributed by atoms with E-state index in [1.54, 1.807) is 17.0 Å². The fraction of sp³-hybridized carbons (Fsp3) is 0.360. The molecule has 0 aromatic heterocycles. The van der Waals surface area contributed by atoms with E-state index >= 15 is 0 Å². The van der Waals surface area contributed by atoms with Crippen LogP contribution in [0.25, 0.3) is 0 Å². The van der Waals surface area contributed by atoms with E-state index < -0.39 is 11.9 Å². The fourth-order valence-corrected chi connectivity index (χ4v) is 4.93. The lowest BCUT2D eigenvalue weighted by atomic mass is 9.93. The Bertz CT molecular complexity index is 1110. The van der Waals surface area contributed by atoms with Gasteiger partial charge in [-0.15, -0.1) is 0 Å². The maximum atomic E-state index is 12.9. The summed E-state index contributed by atoms with van der Waals surface area (Å²) in [6.07, 6.45) is 2.32. The van der Waals surface area contributed by atoms with Gasteiger partial charge in [-0.2, -0.15) is 0 Å². The smallest absolute Gasteiger partial charge is 0.255 e. The van der Waals surface area contributed by atoms with Crippen molar-refractivity contribution in [2.75, 3.05) is 6.54 Å². The molecule has 3 N–H and O–H groups in total. The van der Waals surface area contributed by atoms with E-state index in [1.165, 1.54) is 0 Å². The maximum Gasteiger partial charge on any atom is 0.255 e. The first kappa shape index (κ1) is 21.3. The fourth-order valence-electron chi connectivity index (χ4n) is 4.93. The molecule has 8 nitrogen and oxygen atoms in total. The molecule has 4 amide bonds. The van der Waals surface area contributed by atoms with E-state index in [4.69, 9.17) is 0 Å². The molecule has 0 aliphatic carbocycles. The zero-order chi connectivity index (χ0) is 22.9. The molecule has 0 radical (unpaired) electrons. The van der Waals surface area contributed by atoms with Crippen LogP contribution in [0, 0.1) is 0 Å². The first-order valence-corrected chi connectivity index (χ1v) is 11.4. The highest BCUT2D eigenvalue weighted by atomic mass is 16.2. The number of amides is 4. The zero-order valence-corrected chi connectivity index (χ0v) is 18.2. The molecule has 2 fully saturated rings. The van der Waals surface area contributed by atoms with Crippen molar-refractivity contribution >= 4 is 23.6 Å². The largest absolute Gasteiger partial charge is 0.348 e. The van der Waals surface area contributed by atoms with Gasteiger partial charge in [-0.25, -0.2) is 0 Å². The van der Waals surface area contributed by atoms with Crippen LogP contribution < -0.4 is 16.0 Å². The number of hydrogen-bond donors (Lipinski definition) is 3. The molecule has 3 atom stereocenters. The third-order valence-corrected chi connectivity index (χ3v) is 6.74. The quantitative estimate of drug-likeness (QED) is 0.620. The molecule has 0 saturated carbocycles. The lowest BCUT2D eigenvalue weighted by Gasteiger charge is -2.31. The number of rotatable bonds is 4. The molecule has 3 unspecified atom stereocenters. The Labute approximate surface area is 191 Å². The number of nitrogens with zero attached hydrogens (tertiary/aromatic N) is 1. The van der Waals surface area contributed by atoms with Crippen molar-refractivity contribution < 1.29 is 19.2 Å². The minimum Gasteiger partial charge on any atom is -0.348 e. The van der Waals surface area contributed by atoms with Gasteiger partial charge in [-0.3, -0.25) is 24.5 Å². The molecule has 8 heteroatoms. The van der Waals surface area contributed by atoms with Crippen molar-refractivity contribution in [3.8, 4) is 0 Å². The predicted molar refractivity (Wildman–Crippen MR) is 120 cm³/mol. The summed E-state index contributed by atoms with van der Waals surface area (Å²) < 4.78 is 0. The Kier molecular flexibility index (Phi) is 5.68. The minimum absolute atomic E-state index is 0.0629. The number of benzene rings is 2. The highest BCUT2D eigenvalue weighted by Gasteiger charge is 2.39. The van der Waals surface area contributed by atoms with E-state index in [-0.39, 0.29) is 36.2 Å². The average Bonchev–Trinajstić information content (AvgIpc) is 3.15. The van der Waals surface area contributed by atoms with Crippen molar-refractivity contribution in [2.45, 2.75) is 50.4 Å². The van der Waals surface area contributed by atoms with Crippen molar-refractivity contribution in [1.29, 1.82) is 0 Å². The lowest BCUT2D eigenvalue weighted by molar-refractivity contribution is -0.136. The summed E-state index contributed by atoms with van der Waals surface area (Å²) in [5.41, 5.74) is 3.28. The van der Waals surface area contributed by atoms with E-state index in [9.17, 15) is 19.2 Å². The Morgan fingerprint density at radius 1 is 1.00 bits per heavy atom. The minimum atomic E-state index is -0.604. The van der Waals surface area contributed by atoms with Crippen LogP contribution in [-0.2, 0) is 16.1 Å². The topological polar surface area (TPSA) is 108 Å². The monoisotopic (exact) mass is 446 g/mol. The summed E-state index contributed by atoms with van der Waals surface area (Å²) in [6.45, 7) is 1.04. The van der Waals surface area contributed by atoms with Gasteiger partial charge in [0.05, 0.1) is 0 Å².